The van der Waals surface area contributed by atoms with Crippen LogP contribution in [0.15, 0.2) is 64.1 Å². The Hall–Kier alpha value is -3.41. The van der Waals surface area contributed by atoms with E-state index in [0.717, 1.165) is 41.6 Å². The maximum Gasteiger partial charge on any atom is 0.270 e. The number of nitrogens with zero attached hydrogens (tertiary/aromatic N) is 3. The van der Waals surface area contributed by atoms with Crippen molar-refractivity contribution in [2.24, 2.45) is 0 Å². The van der Waals surface area contributed by atoms with E-state index in [4.69, 9.17) is 4.42 Å². The summed E-state index contributed by atoms with van der Waals surface area (Å²) in [4.78, 5) is 31.6. The zero-order chi connectivity index (χ0) is 20.4. The van der Waals surface area contributed by atoms with Crippen molar-refractivity contribution in [1.82, 2.24) is 14.3 Å². The second-order valence-electron chi connectivity index (χ2n) is 7.17. The van der Waals surface area contributed by atoms with Crippen molar-refractivity contribution in [2.75, 3.05) is 7.05 Å². The minimum Gasteiger partial charge on any atom is -0.461 e. The number of pyridine rings is 1. The molecule has 29 heavy (non-hydrogen) atoms. The Labute approximate surface area is 168 Å². The molecule has 0 radical (unpaired) electrons. The van der Waals surface area contributed by atoms with Gasteiger partial charge in [0.2, 0.25) is 0 Å². The molecule has 1 amide bonds. The van der Waals surface area contributed by atoms with Crippen LogP contribution in [0.1, 0.15) is 41.4 Å². The van der Waals surface area contributed by atoms with E-state index in [0.29, 0.717) is 12.2 Å². The largest absolute Gasteiger partial charge is 0.461 e. The number of hydrogen-bond acceptors (Lipinski definition) is 4. The summed E-state index contributed by atoms with van der Waals surface area (Å²) in [6, 6.07) is 13.1. The Morgan fingerprint density at radius 3 is 2.79 bits per heavy atom. The number of para-hydroxylation sites is 1. The first-order valence-corrected chi connectivity index (χ1v) is 9.81. The highest BCUT2D eigenvalue weighted by atomic mass is 16.3. The number of aryl methyl sites for hydroxylation is 1. The fraction of sp³-hybridized carbons (Fsp3) is 0.261. The number of hydrogen-bond donors (Lipinski definition) is 0. The zero-order valence-electron chi connectivity index (χ0n) is 16.6. The molecule has 3 heterocycles. The molecule has 0 aliphatic carbocycles. The van der Waals surface area contributed by atoms with Crippen LogP contribution < -0.4 is 5.56 Å². The van der Waals surface area contributed by atoms with E-state index in [2.05, 4.69) is 11.9 Å². The monoisotopic (exact) mass is 389 g/mol. The highest BCUT2D eigenvalue weighted by Gasteiger charge is 2.21. The molecule has 0 spiro atoms. The molecule has 0 atom stereocenters. The summed E-state index contributed by atoms with van der Waals surface area (Å²) >= 11 is 0. The van der Waals surface area contributed by atoms with Gasteiger partial charge in [-0.15, -0.1) is 0 Å². The molecule has 3 aromatic heterocycles. The number of rotatable bonds is 6. The van der Waals surface area contributed by atoms with Gasteiger partial charge in [0, 0.05) is 43.4 Å². The SMILES string of the molecule is CCCCc1oc2ccccc2c1CN(C)C(=O)c1cnc2ccccn2c1=O. The standard InChI is InChI=1S/C23H23N3O3/c1-3-4-10-20-18(16-9-5-6-11-19(16)29-20)15-25(2)22(27)17-14-24-21-12-7-8-13-26(21)23(17)28/h5-9,11-14H,3-4,10,15H2,1-2H3. The van der Waals surface area contributed by atoms with Crippen LogP contribution in [-0.2, 0) is 13.0 Å². The van der Waals surface area contributed by atoms with Gasteiger partial charge in [-0.2, -0.15) is 0 Å². The molecular formula is C23H23N3O3. The molecule has 4 rings (SSSR count). The van der Waals surface area contributed by atoms with Crippen LogP contribution >= 0.6 is 0 Å². The third-order valence-corrected chi connectivity index (χ3v) is 5.13. The molecule has 6 heteroatoms. The van der Waals surface area contributed by atoms with Gasteiger partial charge in [0.25, 0.3) is 11.5 Å². The first-order valence-electron chi connectivity index (χ1n) is 9.81. The van der Waals surface area contributed by atoms with Crippen LogP contribution in [0.3, 0.4) is 0 Å². The van der Waals surface area contributed by atoms with Gasteiger partial charge in [-0.25, -0.2) is 4.98 Å². The third kappa shape index (κ3) is 3.53. The Bertz CT molecular complexity index is 1240. The lowest BCUT2D eigenvalue weighted by Gasteiger charge is -2.17. The number of aromatic nitrogens is 2. The summed E-state index contributed by atoms with van der Waals surface area (Å²) in [6.07, 6.45) is 5.88. The van der Waals surface area contributed by atoms with E-state index in [1.807, 2.05) is 24.3 Å². The molecule has 148 valence electrons. The topological polar surface area (TPSA) is 67.8 Å². The number of carbonyl (C=O) groups excluding carboxylic acids is 1. The number of amides is 1. The lowest BCUT2D eigenvalue weighted by molar-refractivity contribution is 0.0782. The summed E-state index contributed by atoms with van der Waals surface area (Å²) in [7, 11) is 1.70. The average Bonchev–Trinajstić information content (AvgIpc) is 3.09. The zero-order valence-corrected chi connectivity index (χ0v) is 16.6. The van der Waals surface area contributed by atoms with Crippen LogP contribution in [-0.4, -0.2) is 27.2 Å². The lowest BCUT2D eigenvalue weighted by atomic mass is 10.1. The Balaban J connectivity index is 1.68. The summed E-state index contributed by atoms with van der Waals surface area (Å²) in [6.45, 7) is 2.50. The van der Waals surface area contributed by atoms with Crippen LogP contribution in [0.4, 0.5) is 0 Å². The number of carbonyl (C=O) groups is 1. The fourth-order valence-corrected chi connectivity index (χ4v) is 3.55. The molecule has 0 N–H and O–H groups in total. The average molecular weight is 389 g/mol. The number of furan rings is 1. The van der Waals surface area contributed by atoms with Crippen molar-refractivity contribution < 1.29 is 9.21 Å². The molecule has 0 fully saturated rings. The van der Waals surface area contributed by atoms with Crippen molar-refractivity contribution >= 4 is 22.5 Å². The second-order valence-corrected chi connectivity index (χ2v) is 7.17. The molecule has 0 saturated carbocycles. The van der Waals surface area contributed by atoms with E-state index in [-0.39, 0.29) is 17.0 Å². The normalized spacial score (nSPS) is 11.2. The predicted molar refractivity (Wildman–Crippen MR) is 112 cm³/mol. The lowest BCUT2D eigenvalue weighted by Crippen LogP contribution is -2.33. The minimum absolute atomic E-state index is 0.0547. The van der Waals surface area contributed by atoms with Gasteiger partial charge in [0.05, 0.1) is 0 Å². The van der Waals surface area contributed by atoms with Crippen LogP contribution in [0.5, 0.6) is 0 Å². The quantitative estimate of drug-likeness (QED) is 0.499. The maximum atomic E-state index is 13.0. The Morgan fingerprint density at radius 2 is 1.97 bits per heavy atom. The van der Waals surface area contributed by atoms with Gasteiger partial charge in [-0.3, -0.25) is 14.0 Å². The van der Waals surface area contributed by atoms with Gasteiger partial charge in [0.1, 0.15) is 22.6 Å². The summed E-state index contributed by atoms with van der Waals surface area (Å²) in [5, 5.41) is 1.01. The summed E-state index contributed by atoms with van der Waals surface area (Å²) in [5.41, 5.74) is 2.02. The predicted octanol–water partition coefficient (Wildman–Crippen LogP) is 4.06. The van der Waals surface area contributed by atoms with Gasteiger partial charge in [0.15, 0.2) is 0 Å². The Kier molecular flexibility index (Phi) is 5.16. The van der Waals surface area contributed by atoms with E-state index >= 15 is 0 Å². The van der Waals surface area contributed by atoms with Crippen molar-refractivity contribution in [3.63, 3.8) is 0 Å². The number of unbranched alkanes of at least 4 members (excludes halogenated alkanes) is 1. The maximum absolute atomic E-state index is 13.0. The number of fused-ring (bicyclic) bond motifs is 2. The summed E-state index contributed by atoms with van der Waals surface area (Å²) in [5.74, 6) is 0.550. The minimum atomic E-state index is -0.365. The number of benzene rings is 1. The fourth-order valence-electron chi connectivity index (χ4n) is 3.55. The molecule has 1 aromatic carbocycles. The van der Waals surface area contributed by atoms with E-state index in [1.165, 1.54) is 10.6 Å². The van der Waals surface area contributed by atoms with E-state index in [1.54, 1.807) is 36.3 Å². The van der Waals surface area contributed by atoms with Gasteiger partial charge >= 0.3 is 0 Å². The highest BCUT2D eigenvalue weighted by Crippen LogP contribution is 2.28. The first-order chi connectivity index (χ1) is 14.1. The van der Waals surface area contributed by atoms with Crippen molar-refractivity contribution in [3.05, 3.63) is 82.1 Å². The molecule has 4 aromatic rings. The van der Waals surface area contributed by atoms with Gasteiger partial charge < -0.3 is 9.32 Å². The van der Waals surface area contributed by atoms with E-state index in [9.17, 15) is 9.59 Å². The van der Waals surface area contributed by atoms with Crippen LogP contribution in [0.2, 0.25) is 0 Å². The molecule has 0 aliphatic rings. The molecule has 0 saturated heterocycles. The van der Waals surface area contributed by atoms with Gasteiger partial charge in [-0.05, 0) is 24.6 Å². The summed E-state index contributed by atoms with van der Waals surface area (Å²) < 4.78 is 7.44. The first kappa shape index (κ1) is 18.9. The van der Waals surface area contributed by atoms with Crippen molar-refractivity contribution in [3.8, 4) is 0 Å². The Morgan fingerprint density at radius 1 is 1.17 bits per heavy atom. The van der Waals surface area contributed by atoms with Crippen molar-refractivity contribution in [2.45, 2.75) is 32.7 Å². The second kappa shape index (κ2) is 7.91. The molecule has 0 aliphatic heterocycles. The molecule has 0 bridgehead atoms. The highest BCUT2D eigenvalue weighted by molar-refractivity contribution is 5.94. The molecule has 6 nitrogen and oxygen atoms in total. The van der Waals surface area contributed by atoms with Crippen molar-refractivity contribution in [1.29, 1.82) is 0 Å². The van der Waals surface area contributed by atoms with Gasteiger partial charge in [-0.1, -0.05) is 37.6 Å². The van der Waals surface area contributed by atoms with Crippen LogP contribution in [0.25, 0.3) is 16.6 Å². The third-order valence-electron chi connectivity index (χ3n) is 5.13. The van der Waals surface area contributed by atoms with E-state index < -0.39 is 0 Å². The molecule has 0 unspecified atom stereocenters. The molecular weight excluding hydrogens is 366 g/mol. The smallest absolute Gasteiger partial charge is 0.270 e. The van der Waals surface area contributed by atoms with Crippen LogP contribution in [0, 0.1) is 0 Å².